The average Bonchev–Trinajstić information content (AvgIpc) is 2.37. The number of hydrogen-bond acceptors (Lipinski definition) is 3. The van der Waals surface area contributed by atoms with Crippen molar-refractivity contribution in [3.63, 3.8) is 0 Å². The van der Waals surface area contributed by atoms with E-state index in [0.29, 0.717) is 5.56 Å². The molecule has 0 aromatic heterocycles. The Labute approximate surface area is 106 Å². The second-order valence-corrected chi connectivity index (χ2v) is 4.11. The van der Waals surface area contributed by atoms with Crippen LogP contribution in [0.15, 0.2) is 48.5 Å². The molecule has 18 heavy (non-hydrogen) atoms. The largest absolute Gasteiger partial charge is 0.508 e. The van der Waals surface area contributed by atoms with Crippen LogP contribution in [0.3, 0.4) is 0 Å². The van der Waals surface area contributed by atoms with Crippen molar-refractivity contribution >= 4 is 5.97 Å². The first-order chi connectivity index (χ1) is 8.65. The molecule has 92 valence electrons. The Morgan fingerprint density at radius 2 is 1.89 bits per heavy atom. The molecule has 3 heteroatoms. The van der Waals surface area contributed by atoms with Crippen LogP contribution in [0, 0.1) is 6.92 Å². The molecule has 0 aliphatic rings. The Balaban J connectivity index is 1.98. The van der Waals surface area contributed by atoms with Crippen LogP contribution in [0.4, 0.5) is 0 Å². The van der Waals surface area contributed by atoms with Crippen molar-refractivity contribution in [2.75, 3.05) is 0 Å². The maximum absolute atomic E-state index is 11.7. The van der Waals surface area contributed by atoms with E-state index in [0.717, 1.165) is 11.1 Å². The van der Waals surface area contributed by atoms with Gasteiger partial charge in [0, 0.05) is 0 Å². The van der Waals surface area contributed by atoms with E-state index in [1.165, 1.54) is 24.3 Å². The highest BCUT2D eigenvalue weighted by molar-refractivity contribution is 5.89. The molecule has 0 bridgehead atoms. The zero-order valence-electron chi connectivity index (χ0n) is 10.1. The van der Waals surface area contributed by atoms with Gasteiger partial charge in [0.05, 0.1) is 5.56 Å². The summed E-state index contributed by atoms with van der Waals surface area (Å²) in [5.41, 5.74) is 2.52. The number of aromatic hydroxyl groups is 1. The van der Waals surface area contributed by atoms with Crippen molar-refractivity contribution in [1.82, 2.24) is 0 Å². The van der Waals surface area contributed by atoms with Gasteiger partial charge in [0.25, 0.3) is 0 Å². The van der Waals surface area contributed by atoms with Crippen molar-refractivity contribution in [3.05, 3.63) is 65.2 Å². The van der Waals surface area contributed by atoms with Crippen LogP contribution >= 0.6 is 0 Å². The molecule has 0 unspecified atom stereocenters. The first-order valence-electron chi connectivity index (χ1n) is 5.67. The van der Waals surface area contributed by atoms with E-state index < -0.39 is 5.97 Å². The Morgan fingerprint density at radius 1 is 1.17 bits per heavy atom. The summed E-state index contributed by atoms with van der Waals surface area (Å²) in [4.78, 5) is 11.7. The number of esters is 1. The van der Waals surface area contributed by atoms with E-state index in [2.05, 4.69) is 0 Å². The van der Waals surface area contributed by atoms with E-state index in [1.54, 1.807) is 0 Å². The average molecular weight is 242 g/mol. The van der Waals surface area contributed by atoms with Crippen molar-refractivity contribution in [3.8, 4) is 5.75 Å². The van der Waals surface area contributed by atoms with Crippen LogP contribution in [0.2, 0.25) is 0 Å². The fraction of sp³-hybridized carbons (Fsp3) is 0.133. The van der Waals surface area contributed by atoms with Crippen molar-refractivity contribution in [2.45, 2.75) is 13.5 Å². The zero-order chi connectivity index (χ0) is 13.0. The van der Waals surface area contributed by atoms with Crippen LogP contribution in [0.5, 0.6) is 5.75 Å². The first kappa shape index (κ1) is 12.2. The number of rotatable bonds is 3. The van der Waals surface area contributed by atoms with E-state index in [-0.39, 0.29) is 12.4 Å². The topological polar surface area (TPSA) is 46.5 Å². The summed E-state index contributed by atoms with van der Waals surface area (Å²) in [5.74, 6) is -0.262. The minimum atomic E-state index is -0.392. The van der Waals surface area contributed by atoms with Gasteiger partial charge in [-0.15, -0.1) is 0 Å². The molecule has 0 aliphatic carbocycles. The summed E-state index contributed by atoms with van der Waals surface area (Å²) < 4.78 is 5.19. The van der Waals surface area contributed by atoms with Gasteiger partial charge in [-0.05, 0) is 36.8 Å². The normalized spacial score (nSPS) is 10.1. The Kier molecular flexibility index (Phi) is 3.63. The molecule has 0 fully saturated rings. The monoisotopic (exact) mass is 242 g/mol. The molecule has 2 aromatic rings. The van der Waals surface area contributed by atoms with Crippen LogP contribution in [0.1, 0.15) is 21.5 Å². The number of aryl methyl sites for hydroxylation is 1. The number of phenolic OH excluding ortho intramolecular Hbond substituents is 1. The molecule has 0 spiro atoms. The number of hydrogen-bond donors (Lipinski definition) is 1. The minimum absolute atomic E-state index is 0.130. The van der Waals surface area contributed by atoms with Crippen molar-refractivity contribution in [1.29, 1.82) is 0 Å². The van der Waals surface area contributed by atoms with E-state index in [1.807, 2.05) is 31.2 Å². The van der Waals surface area contributed by atoms with Gasteiger partial charge in [-0.1, -0.05) is 29.8 Å². The van der Waals surface area contributed by atoms with E-state index in [9.17, 15) is 4.79 Å². The lowest BCUT2D eigenvalue weighted by atomic mass is 10.1. The third-order valence-corrected chi connectivity index (χ3v) is 2.56. The van der Waals surface area contributed by atoms with Crippen LogP contribution in [0.25, 0.3) is 0 Å². The summed E-state index contributed by atoms with van der Waals surface area (Å²) in [6, 6.07) is 13.8. The van der Waals surface area contributed by atoms with Gasteiger partial charge in [0.15, 0.2) is 0 Å². The maximum atomic E-state index is 11.7. The molecule has 2 aromatic carbocycles. The number of ether oxygens (including phenoxy) is 1. The van der Waals surface area contributed by atoms with Crippen molar-refractivity contribution < 1.29 is 14.6 Å². The Hall–Kier alpha value is -2.29. The smallest absolute Gasteiger partial charge is 0.338 e. The van der Waals surface area contributed by atoms with Crippen LogP contribution < -0.4 is 0 Å². The van der Waals surface area contributed by atoms with Crippen LogP contribution in [-0.2, 0) is 11.3 Å². The highest BCUT2D eigenvalue weighted by Gasteiger charge is 2.07. The molecule has 0 atom stereocenters. The number of benzene rings is 2. The summed E-state index contributed by atoms with van der Waals surface area (Å²) in [7, 11) is 0. The molecule has 0 saturated carbocycles. The molecule has 3 nitrogen and oxygen atoms in total. The molecule has 0 radical (unpaired) electrons. The predicted molar refractivity (Wildman–Crippen MR) is 68.4 cm³/mol. The standard InChI is InChI=1S/C15H14O3/c1-11-3-2-4-12(9-11)10-18-15(17)13-5-7-14(16)8-6-13/h2-9,16H,10H2,1H3. The van der Waals surface area contributed by atoms with Gasteiger partial charge < -0.3 is 9.84 Å². The molecule has 2 rings (SSSR count). The van der Waals surface area contributed by atoms with Gasteiger partial charge in [0.1, 0.15) is 12.4 Å². The van der Waals surface area contributed by atoms with Crippen LogP contribution in [-0.4, -0.2) is 11.1 Å². The van der Waals surface area contributed by atoms with Gasteiger partial charge >= 0.3 is 5.97 Å². The second-order valence-electron chi connectivity index (χ2n) is 4.11. The lowest BCUT2D eigenvalue weighted by Gasteiger charge is -2.05. The van der Waals surface area contributed by atoms with E-state index >= 15 is 0 Å². The molecule has 1 N–H and O–H groups in total. The number of carbonyl (C=O) groups excluding carboxylic acids is 1. The second kappa shape index (κ2) is 5.36. The number of phenols is 1. The van der Waals surface area contributed by atoms with Gasteiger partial charge in [-0.3, -0.25) is 0 Å². The summed E-state index contributed by atoms with van der Waals surface area (Å²) >= 11 is 0. The lowest BCUT2D eigenvalue weighted by Crippen LogP contribution is -2.04. The fourth-order valence-electron chi connectivity index (χ4n) is 1.63. The van der Waals surface area contributed by atoms with Crippen molar-refractivity contribution in [2.24, 2.45) is 0 Å². The summed E-state index contributed by atoms with van der Waals surface area (Å²) in [6.07, 6.45) is 0. The third-order valence-electron chi connectivity index (χ3n) is 2.56. The summed E-state index contributed by atoms with van der Waals surface area (Å²) in [6.45, 7) is 2.24. The SMILES string of the molecule is Cc1cccc(COC(=O)c2ccc(O)cc2)c1. The lowest BCUT2D eigenvalue weighted by molar-refractivity contribution is 0.0472. The molecular weight excluding hydrogens is 228 g/mol. The molecular formula is C15H14O3. The predicted octanol–water partition coefficient (Wildman–Crippen LogP) is 3.06. The molecule has 0 saturated heterocycles. The minimum Gasteiger partial charge on any atom is -0.508 e. The van der Waals surface area contributed by atoms with Gasteiger partial charge in [-0.2, -0.15) is 0 Å². The van der Waals surface area contributed by atoms with Gasteiger partial charge in [-0.25, -0.2) is 4.79 Å². The molecule has 0 heterocycles. The summed E-state index contributed by atoms with van der Waals surface area (Å²) in [5, 5.41) is 9.12. The molecule has 0 aliphatic heterocycles. The Morgan fingerprint density at radius 3 is 2.56 bits per heavy atom. The quantitative estimate of drug-likeness (QED) is 0.841. The highest BCUT2D eigenvalue weighted by Crippen LogP contribution is 2.12. The van der Waals surface area contributed by atoms with E-state index in [4.69, 9.17) is 9.84 Å². The zero-order valence-corrected chi connectivity index (χ0v) is 10.1. The number of carbonyl (C=O) groups is 1. The van der Waals surface area contributed by atoms with Gasteiger partial charge in [0.2, 0.25) is 0 Å². The molecule has 0 amide bonds. The fourth-order valence-corrected chi connectivity index (χ4v) is 1.63. The maximum Gasteiger partial charge on any atom is 0.338 e. The highest BCUT2D eigenvalue weighted by atomic mass is 16.5. The Bertz CT molecular complexity index is 544. The first-order valence-corrected chi connectivity index (χ1v) is 5.67. The third kappa shape index (κ3) is 3.10.